The molecule has 5 aromatic rings. The fourth-order valence-corrected chi connectivity index (χ4v) is 4.41. The molecule has 0 aliphatic heterocycles. The number of benzene rings is 2. The van der Waals surface area contributed by atoms with Gasteiger partial charge in [-0.1, -0.05) is 54.6 Å². The average molecular weight is 408 g/mol. The summed E-state index contributed by atoms with van der Waals surface area (Å²) in [7, 11) is 0. The minimum atomic E-state index is -0.242. The summed E-state index contributed by atoms with van der Waals surface area (Å²) in [6, 6.07) is 19.5. The number of aromatic nitrogens is 3. The molecule has 0 saturated heterocycles. The van der Waals surface area contributed by atoms with Crippen LogP contribution < -0.4 is 11.2 Å². The van der Waals surface area contributed by atoms with Crippen LogP contribution in [0.25, 0.3) is 39.1 Å². The van der Waals surface area contributed by atoms with Crippen LogP contribution in [0, 0.1) is 0 Å². The molecule has 6 nitrogen and oxygen atoms in total. The molecule has 0 unspecified atom stereocenters. The Kier molecular flexibility index (Phi) is 3.85. The Morgan fingerprint density at radius 3 is 2.45 bits per heavy atom. The molecule has 0 radical (unpaired) electrons. The first-order valence-corrected chi connectivity index (χ1v) is 10.4. The van der Waals surface area contributed by atoms with Crippen LogP contribution in [0.15, 0.2) is 82.4 Å². The van der Waals surface area contributed by atoms with Gasteiger partial charge in [0.05, 0.1) is 10.9 Å². The van der Waals surface area contributed by atoms with Gasteiger partial charge in [-0.15, -0.1) is 10.2 Å². The van der Waals surface area contributed by atoms with Crippen LogP contribution in [0.2, 0.25) is 0 Å². The average Bonchev–Trinajstić information content (AvgIpc) is 3.27. The van der Waals surface area contributed by atoms with Gasteiger partial charge < -0.3 is 10.2 Å². The molecular formula is C25H20N4O2. The van der Waals surface area contributed by atoms with Gasteiger partial charge in [-0.2, -0.15) is 0 Å². The fourth-order valence-electron chi connectivity index (χ4n) is 4.41. The number of hydrogen-bond donors (Lipinski definition) is 1. The molecule has 1 aliphatic rings. The number of pyridine rings is 1. The molecule has 152 valence electrons. The maximum absolute atomic E-state index is 13.7. The molecule has 0 spiro atoms. The highest BCUT2D eigenvalue weighted by Crippen LogP contribution is 2.40. The van der Waals surface area contributed by atoms with Gasteiger partial charge in [0, 0.05) is 17.3 Å². The molecule has 6 heteroatoms. The van der Waals surface area contributed by atoms with E-state index in [0.29, 0.717) is 27.9 Å². The quantitative estimate of drug-likeness (QED) is 0.475. The highest BCUT2D eigenvalue weighted by atomic mass is 16.3. The summed E-state index contributed by atoms with van der Waals surface area (Å²) < 4.78 is 8.11. The van der Waals surface area contributed by atoms with E-state index < -0.39 is 0 Å². The standard InChI is InChI=1S/C25H20N4O2/c26-25(12-4-13-25)18-9-7-16(8-10-18)20-21(30)19-11-14-29-15-27-28-24(29)23(19)31-22(20)17-5-2-1-3-6-17/h1-3,5-11,14-15H,4,12-13,26H2. The van der Waals surface area contributed by atoms with Gasteiger partial charge in [0.2, 0.25) is 11.1 Å². The summed E-state index contributed by atoms with van der Waals surface area (Å²) in [6.45, 7) is 0. The first-order valence-electron chi connectivity index (χ1n) is 10.4. The lowest BCUT2D eigenvalue weighted by Gasteiger charge is -2.38. The summed E-state index contributed by atoms with van der Waals surface area (Å²) in [4.78, 5) is 13.7. The minimum absolute atomic E-state index is 0.0931. The van der Waals surface area contributed by atoms with Crippen LogP contribution in [0.4, 0.5) is 0 Å². The molecule has 0 amide bonds. The van der Waals surface area contributed by atoms with Crippen molar-refractivity contribution < 1.29 is 4.42 Å². The van der Waals surface area contributed by atoms with Crippen molar-refractivity contribution in [2.45, 2.75) is 24.8 Å². The van der Waals surface area contributed by atoms with Gasteiger partial charge >= 0.3 is 0 Å². The zero-order chi connectivity index (χ0) is 21.0. The lowest BCUT2D eigenvalue weighted by molar-refractivity contribution is 0.253. The predicted molar refractivity (Wildman–Crippen MR) is 120 cm³/mol. The number of nitrogens with zero attached hydrogens (tertiary/aromatic N) is 3. The molecule has 0 bridgehead atoms. The van der Waals surface area contributed by atoms with Crippen LogP contribution >= 0.6 is 0 Å². The third-order valence-electron chi connectivity index (χ3n) is 6.36. The predicted octanol–water partition coefficient (Wildman–Crippen LogP) is 4.51. The lowest BCUT2D eigenvalue weighted by atomic mass is 9.72. The van der Waals surface area contributed by atoms with Crippen molar-refractivity contribution >= 4 is 16.6 Å². The van der Waals surface area contributed by atoms with E-state index in [1.165, 1.54) is 0 Å². The second kappa shape index (κ2) is 6.62. The van der Waals surface area contributed by atoms with Crippen LogP contribution in [0.1, 0.15) is 24.8 Å². The molecule has 31 heavy (non-hydrogen) atoms. The number of fused-ring (bicyclic) bond motifs is 3. The van der Waals surface area contributed by atoms with Crippen LogP contribution in [0.3, 0.4) is 0 Å². The molecule has 3 aromatic heterocycles. The molecule has 1 saturated carbocycles. The summed E-state index contributed by atoms with van der Waals surface area (Å²) in [6.07, 6.45) is 6.51. The van der Waals surface area contributed by atoms with Gasteiger partial charge in [0.15, 0.2) is 5.58 Å². The minimum Gasteiger partial charge on any atom is -0.451 e. The summed E-state index contributed by atoms with van der Waals surface area (Å²) >= 11 is 0. The molecule has 2 N–H and O–H groups in total. The van der Waals surface area contributed by atoms with E-state index in [9.17, 15) is 4.79 Å². The molecule has 1 aliphatic carbocycles. The Balaban J connectivity index is 1.63. The number of rotatable bonds is 3. The van der Waals surface area contributed by atoms with E-state index in [0.717, 1.165) is 36.0 Å². The van der Waals surface area contributed by atoms with E-state index >= 15 is 0 Å². The SMILES string of the molecule is NC1(c2ccc(-c3c(-c4ccccc4)oc4c(ccn5cnnc45)c3=O)cc2)CCC1. The molecule has 1 fully saturated rings. The first kappa shape index (κ1) is 18.0. The zero-order valence-electron chi connectivity index (χ0n) is 16.8. The highest BCUT2D eigenvalue weighted by molar-refractivity contribution is 5.94. The van der Waals surface area contributed by atoms with Crippen molar-refractivity contribution in [3.8, 4) is 22.5 Å². The monoisotopic (exact) mass is 408 g/mol. The third-order valence-corrected chi connectivity index (χ3v) is 6.36. The highest BCUT2D eigenvalue weighted by Gasteiger charge is 2.34. The Morgan fingerprint density at radius 1 is 0.968 bits per heavy atom. The van der Waals surface area contributed by atoms with Crippen molar-refractivity contribution in [3.05, 3.63) is 89.0 Å². The second-order valence-electron chi connectivity index (χ2n) is 8.21. The molecule has 6 rings (SSSR count). The van der Waals surface area contributed by atoms with Gasteiger partial charge in [-0.05, 0) is 36.5 Å². The van der Waals surface area contributed by atoms with E-state index in [2.05, 4.69) is 10.2 Å². The van der Waals surface area contributed by atoms with E-state index in [1.54, 1.807) is 23.0 Å². The third kappa shape index (κ3) is 2.72. The topological polar surface area (TPSA) is 86.4 Å². The Labute approximate surface area is 178 Å². The van der Waals surface area contributed by atoms with Gasteiger partial charge in [-0.25, -0.2) is 0 Å². The molecule has 3 heterocycles. The Bertz CT molecular complexity index is 1480. The van der Waals surface area contributed by atoms with Crippen molar-refractivity contribution in [1.82, 2.24) is 14.6 Å². The van der Waals surface area contributed by atoms with E-state index in [4.69, 9.17) is 10.2 Å². The normalized spacial score (nSPS) is 15.3. The second-order valence-corrected chi connectivity index (χ2v) is 8.21. The van der Waals surface area contributed by atoms with E-state index in [1.807, 2.05) is 54.6 Å². The zero-order valence-corrected chi connectivity index (χ0v) is 16.8. The van der Waals surface area contributed by atoms with Crippen molar-refractivity contribution in [3.63, 3.8) is 0 Å². The number of nitrogens with two attached hydrogens (primary N) is 1. The first-order chi connectivity index (χ1) is 15.1. The molecular weight excluding hydrogens is 388 g/mol. The van der Waals surface area contributed by atoms with Gasteiger partial charge in [-0.3, -0.25) is 9.20 Å². The van der Waals surface area contributed by atoms with E-state index in [-0.39, 0.29) is 11.0 Å². The summed E-state index contributed by atoms with van der Waals surface area (Å²) in [5.74, 6) is 0.521. The molecule has 0 atom stereocenters. The summed E-state index contributed by atoms with van der Waals surface area (Å²) in [5, 5.41) is 8.58. The Hall–Kier alpha value is -3.77. The van der Waals surface area contributed by atoms with Gasteiger partial charge in [0.1, 0.15) is 12.1 Å². The lowest BCUT2D eigenvalue weighted by Crippen LogP contribution is -2.43. The van der Waals surface area contributed by atoms with Crippen LogP contribution in [0.5, 0.6) is 0 Å². The van der Waals surface area contributed by atoms with Crippen molar-refractivity contribution in [2.24, 2.45) is 5.73 Å². The number of hydrogen-bond acceptors (Lipinski definition) is 5. The summed E-state index contributed by atoms with van der Waals surface area (Å²) in [5.41, 5.74) is 10.4. The Morgan fingerprint density at radius 2 is 1.74 bits per heavy atom. The van der Waals surface area contributed by atoms with Crippen molar-refractivity contribution in [1.29, 1.82) is 0 Å². The largest absolute Gasteiger partial charge is 0.451 e. The van der Waals surface area contributed by atoms with Crippen LogP contribution in [-0.2, 0) is 5.54 Å². The fraction of sp³-hybridized carbons (Fsp3) is 0.160. The molecule has 2 aromatic carbocycles. The van der Waals surface area contributed by atoms with Crippen LogP contribution in [-0.4, -0.2) is 14.6 Å². The maximum atomic E-state index is 13.7. The smallest absolute Gasteiger partial charge is 0.204 e. The maximum Gasteiger partial charge on any atom is 0.204 e. The van der Waals surface area contributed by atoms with Crippen molar-refractivity contribution in [2.75, 3.05) is 0 Å². The van der Waals surface area contributed by atoms with Gasteiger partial charge in [0.25, 0.3) is 0 Å².